The summed E-state index contributed by atoms with van der Waals surface area (Å²) < 4.78 is 5.28. The highest BCUT2D eigenvalue weighted by molar-refractivity contribution is 5.78. The summed E-state index contributed by atoms with van der Waals surface area (Å²) >= 11 is 0. The predicted octanol–water partition coefficient (Wildman–Crippen LogP) is 2.34. The van der Waals surface area contributed by atoms with Gasteiger partial charge in [0.1, 0.15) is 5.75 Å². The van der Waals surface area contributed by atoms with E-state index in [1.807, 2.05) is 42.5 Å². The molecule has 1 aliphatic rings. The third-order valence-corrected chi connectivity index (χ3v) is 5.18. The first-order valence-corrected chi connectivity index (χ1v) is 9.53. The Kier molecular flexibility index (Phi) is 6.85. The highest BCUT2D eigenvalue weighted by atomic mass is 16.5. The molecule has 27 heavy (non-hydrogen) atoms. The first kappa shape index (κ1) is 19.4. The number of carbonyl (C=O) groups excluding carboxylic acids is 1. The summed E-state index contributed by atoms with van der Waals surface area (Å²) in [4.78, 5) is 17.2. The molecule has 3 rings (SSSR count). The van der Waals surface area contributed by atoms with E-state index < -0.39 is 0 Å². The molecule has 1 unspecified atom stereocenters. The second-order valence-corrected chi connectivity index (χ2v) is 7.09. The van der Waals surface area contributed by atoms with Gasteiger partial charge in [-0.15, -0.1) is 0 Å². The van der Waals surface area contributed by atoms with Gasteiger partial charge in [0.15, 0.2) is 0 Å². The molecule has 5 heteroatoms. The lowest BCUT2D eigenvalue weighted by Crippen LogP contribution is -2.48. The molecule has 0 saturated carbocycles. The minimum Gasteiger partial charge on any atom is -0.497 e. The topological polar surface area (TPSA) is 44.8 Å². The van der Waals surface area contributed by atoms with Gasteiger partial charge in [-0.05, 0) is 30.3 Å². The van der Waals surface area contributed by atoms with Gasteiger partial charge in [0.2, 0.25) is 5.91 Å². The van der Waals surface area contributed by atoms with Gasteiger partial charge < -0.3 is 15.0 Å². The minimum atomic E-state index is 0.0637. The van der Waals surface area contributed by atoms with Crippen molar-refractivity contribution < 1.29 is 9.53 Å². The van der Waals surface area contributed by atoms with Crippen molar-refractivity contribution in [1.82, 2.24) is 15.1 Å². The standard InChI is InChI=1S/C22H29N3O2/c1-24-12-14-25(15-13-24)21(19-8-10-20(27-2)11-9-19)17-23-22(26)16-18-6-4-3-5-7-18/h3-11,21H,12-17H2,1-2H3,(H,23,26). The van der Waals surface area contributed by atoms with E-state index in [9.17, 15) is 4.79 Å². The van der Waals surface area contributed by atoms with E-state index in [0.717, 1.165) is 37.5 Å². The molecule has 2 aromatic rings. The van der Waals surface area contributed by atoms with Gasteiger partial charge in [0.05, 0.1) is 19.6 Å². The Balaban J connectivity index is 1.66. The average Bonchev–Trinajstić information content (AvgIpc) is 2.70. The maximum absolute atomic E-state index is 12.4. The van der Waals surface area contributed by atoms with Crippen molar-refractivity contribution in [3.8, 4) is 5.75 Å². The van der Waals surface area contributed by atoms with Gasteiger partial charge in [-0.3, -0.25) is 9.69 Å². The van der Waals surface area contributed by atoms with Crippen LogP contribution in [-0.4, -0.2) is 62.6 Å². The summed E-state index contributed by atoms with van der Waals surface area (Å²) in [6, 6.07) is 18.2. The molecule has 0 radical (unpaired) electrons. The number of likely N-dealkylation sites (N-methyl/N-ethyl adjacent to an activating group) is 1. The molecular weight excluding hydrogens is 338 g/mol. The molecule has 1 heterocycles. The normalized spacial score (nSPS) is 16.7. The van der Waals surface area contributed by atoms with Crippen molar-refractivity contribution in [2.45, 2.75) is 12.5 Å². The zero-order valence-electron chi connectivity index (χ0n) is 16.2. The zero-order valence-corrected chi connectivity index (χ0v) is 16.2. The van der Waals surface area contributed by atoms with Gasteiger partial charge in [0.25, 0.3) is 0 Å². The Morgan fingerprint density at radius 2 is 1.70 bits per heavy atom. The number of piperazine rings is 1. The number of methoxy groups -OCH3 is 1. The van der Waals surface area contributed by atoms with Crippen LogP contribution >= 0.6 is 0 Å². The summed E-state index contributed by atoms with van der Waals surface area (Å²) in [6.45, 7) is 4.71. The fourth-order valence-corrected chi connectivity index (χ4v) is 3.47. The van der Waals surface area contributed by atoms with Crippen LogP contribution in [0.2, 0.25) is 0 Å². The van der Waals surface area contributed by atoms with E-state index >= 15 is 0 Å². The van der Waals surface area contributed by atoms with E-state index in [2.05, 4.69) is 34.3 Å². The van der Waals surface area contributed by atoms with Crippen LogP contribution < -0.4 is 10.1 Å². The first-order chi connectivity index (χ1) is 13.2. The number of ether oxygens (including phenoxy) is 1. The van der Waals surface area contributed by atoms with E-state index in [1.54, 1.807) is 7.11 Å². The molecule has 5 nitrogen and oxygen atoms in total. The van der Waals surface area contributed by atoms with Gasteiger partial charge in [-0.25, -0.2) is 0 Å². The number of carbonyl (C=O) groups is 1. The second-order valence-electron chi connectivity index (χ2n) is 7.09. The third-order valence-electron chi connectivity index (χ3n) is 5.18. The van der Waals surface area contributed by atoms with Crippen LogP contribution in [0.25, 0.3) is 0 Å². The molecule has 0 bridgehead atoms. The van der Waals surface area contributed by atoms with Gasteiger partial charge in [-0.2, -0.15) is 0 Å². The van der Waals surface area contributed by atoms with Crippen molar-refractivity contribution in [3.05, 3.63) is 65.7 Å². The van der Waals surface area contributed by atoms with E-state index in [-0.39, 0.29) is 11.9 Å². The Morgan fingerprint density at radius 1 is 1.04 bits per heavy atom. The molecule has 2 aromatic carbocycles. The maximum atomic E-state index is 12.4. The summed E-state index contributed by atoms with van der Waals surface area (Å²) in [5.41, 5.74) is 2.25. The van der Waals surface area contributed by atoms with E-state index in [4.69, 9.17) is 4.74 Å². The van der Waals surface area contributed by atoms with E-state index in [1.165, 1.54) is 5.56 Å². The lowest BCUT2D eigenvalue weighted by Gasteiger charge is -2.38. The van der Waals surface area contributed by atoms with Crippen molar-refractivity contribution in [2.75, 3.05) is 46.9 Å². The number of hydrogen-bond donors (Lipinski definition) is 1. The van der Waals surface area contributed by atoms with Crippen molar-refractivity contribution >= 4 is 5.91 Å². The molecule has 0 aromatic heterocycles. The molecule has 0 aliphatic carbocycles. The van der Waals surface area contributed by atoms with Crippen molar-refractivity contribution in [1.29, 1.82) is 0 Å². The predicted molar refractivity (Wildman–Crippen MR) is 108 cm³/mol. The molecule has 1 amide bonds. The largest absolute Gasteiger partial charge is 0.497 e. The Hall–Kier alpha value is -2.37. The van der Waals surface area contributed by atoms with Gasteiger partial charge in [0, 0.05) is 32.7 Å². The quantitative estimate of drug-likeness (QED) is 0.816. The number of rotatable bonds is 7. The van der Waals surface area contributed by atoms with E-state index in [0.29, 0.717) is 13.0 Å². The fraction of sp³-hybridized carbons (Fsp3) is 0.409. The van der Waals surface area contributed by atoms with Crippen LogP contribution in [0.15, 0.2) is 54.6 Å². The first-order valence-electron chi connectivity index (χ1n) is 9.53. The van der Waals surface area contributed by atoms with Crippen molar-refractivity contribution in [2.24, 2.45) is 0 Å². The molecule has 1 fully saturated rings. The number of benzene rings is 2. The summed E-state index contributed by atoms with van der Waals surface area (Å²) in [7, 11) is 3.83. The second kappa shape index (κ2) is 9.53. The highest BCUT2D eigenvalue weighted by Crippen LogP contribution is 2.24. The van der Waals surface area contributed by atoms with Crippen LogP contribution in [0.3, 0.4) is 0 Å². The molecule has 144 valence electrons. The third kappa shape index (κ3) is 5.55. The van der Waals surface area contributed by atoms with Crippen LogP contribution in [0.5, 0.6) is 5.75 Å². The van der Waals surface area contributed by atoms with Crippen LogP contribution in [-0.2, 0) is 11.2 Å². The number of amides is 1. The lowest BCUT2D eigenvalue weighted by molar-refractivity contribution is -0.120. The summed E-state index contributed by atoms with van der Waals surface area (Å²) in [5, 5.41) is 3.14. The molecule has 1 aliphatic heterocycles. The van der Waals surface area contributed by atoms with Crippen molar-refractivity contribution in [3.63, 3.8) is 0 Å². The zero-order chi connectivity index (χ0) is 19.1. The monoisotopic (exact) mass is 367 g/mol. The summed E-state index contributed by atoms with van der Waals surface area (Å²) in [5.74, 6) is 0.915. The Bertz CT molecular complexity index is 710. The Morgan fingerprint density at radius 3 is 2.33 bits per heavy atom. The smallest absolute Gasteiger partial charge is 0.224 e. The Labute approximate surface area is 161 Å². The number of hydrogen-bond acceptors (Lipinski definition) is 4. The van der Waals surface area contributed by atoms with Crippen LogP contribution in [0.1, 0.15) is 17.2 Å². The fourth-order valence-electron chi connectivity index (χ4n) is 3.47. The molecule has 1 N–H and O–H groups in total. The minimum absolute atomic E-state index is 0.0637. The SMILES string of the molecule is COc1ccc(C(CNC(=O)Cc2ccccc2)N2CCN(C)CC2)cc1. The number of nitrogens with zero attached hydrogens (tertiary/aromatic N) is 2. The average molecular weight is 367 g/mol. The summed E-state index contributed by atoms with van der Waals surface area (Å²) in [6.07, 6.45) is 0.416. The molecule has 1 saturated heterocycles. The molecular formula is C22H29N3O2. The maximum Gasteiger partial charge on any atom is 0.224 e. The molecule has 1 atom stereocenters. The molecule has 0 spiro atoms. The van der Waals surface area contributed by atoms with Gasteiger partial charge >= 0.3 is 0 Å². The lowest BCUT2D eigenvalue weighted by atomic mass is 10.0. The van der Waals surface area contributed by atoms with Gasteiger partial charge in [-0.1, -0.05) is 42.5 Å². The van der Waals surface area contributed by atoms with Crippen LogP contribution in [0.4, 0.5) is 0 Å². The number of nitrogens with one attached hydrogen (secondary N) is 1. The highest BCUT2D eigenvalue weighted by Gasteiger charge is 2.24. The van der Waals surface area contributed by atoms with Crippen LogP contribution in [0, 0.1) is 0 Å².